The first-order chi connectivity index (χ1) is 16.1. The van der Waals surface area contributed by atoms with Crippen molar-refractivity contribution in [3.63, 3.8) is 0 Å². The molecule has 1 saturated carbocycles. The lowest BCUT2D eigenvalue weighted by molar-refractivity contribution is 0.282. The van der Waals surface area contributed by atoms with E-state index < -0.39 is 0 Å². The van der Waals surface area contributed by atoms with Crippen LogP contribution in [0.2, 0.25) is 0 Å². The number of hydrogen-bond donors (Lipinski definition) is 2. The highest BCUT2D eigenvalue weighted by molar-refractivity contribution is 5.84. The minimum absolute atomic E-state index is 0.0346. The highest BCUT2D eigenvalue weighted by Crippen LogP contribution is 2.42. The Morgan fingerprint density at radius 3 is 2.70 bits per heavy atom. The van der Waals surface area contributed by atoms with Crippen molar-refractivity contribution in [1.29, 1.82) is 0 Å². The van der Waals surface area contributed by atoms with E-state index in [0.29, 0.717) is 23.1 Å². The fourth-order valence-electron chi connectivity index (χ4n) is 4.17. The van der Waals surface area contributed by atoms with Crippen molar-refractivity contribution in [3.05, 3.63) is 71.9 Å². The van der Waals surface area contributed by atoms with Crippen LogP contribution in [0.5, 0.6) is 0 Å². The number of benzene rings is 2. The van der Waals surface area contributed by atoms with Gasteiger partial charge in [-0.25, -0.2) is 14.4 Å². The zero-order valence-electron chi connectivity index (χ0n) is 18.0. The van der Waals surface area contributed by atoms with Crippen molar-refractivity contribution in [2.75, 3.05) is 0 Å². The van der Waals surface area contributed by atoms with Crippen LogP contribution in [0.1, 0.15) is 30.0 Å². The first-order valence-electron chi connectivity index (χ1n) is 10.8. The van der Waals surface area contributed by atoms with E-state index in [9.17, 15) is 9.50 Å². The second-order valence-corrected chi connectivity index (χ2v) is 8.49. The first kappa shape index (κ1) is 19.8. The van der Waals surface area contributed by atoms with Crippen LogP contribution >= 0.6 is 0 Å². The SMILES string of the molecule is Cn1cnnc1-c1cc(F)ccc1-c1cc(-c2nc3cc(CO)ccc3[nH]2)nc(C2CC2)c1. The van der Waals surface area contributed by atoms with Crippen molar-refractivity contribution in [2.45, 2.75) is 25.4 Å². The zero-order chi connectivity index (χ0) is 22.5. The average Bonchev–Trinajstić information content (AvgIpc) is 3.46. The van der Waals surface area contributed by atoms with Crippen LogP contribution in [0.25, 0.3) is 45.1 Å². The maximum absolute atomic E-state index is 14.2. The third kappa shape index (κ3) is 3.58. The largest absolute Gasteiger partial charge is 0.392 e. The molecule has 0 unspecified atom stereocenters. The third-order valence-corrected chi connectivity index (χ3v) is 6.06. The van der Waals surface area contributed by atoms with Crippen molar-refractivity contribution in [2.24, 2.45) is 7.05 Å². The number of halogens is 1. The number of hydrogen-bond acceptors (Lipinski definition) is 5. The molecule has 5 aromatic rings. The van der Waals surface area contributed by atoms with Gasteiger partial charge in [-0.05, 0) is 65.9 Å². The summed E-state index contributed by atoms with van der Waals surface area (Å²) in [6.07, 6.45) is 3.82. The summed E-state index contributed by atoms with van der Waals surface area (Å²) in [7, 11) is 1.84. The fraction of sp³-hybridized carbons (Fsp3) is 0.200. The number of imidazole rings is 1. The lowest BCUT2D eigenvalue weighted by atomic mass is 9.97. The summed E-state index contributed by atoms with van der Waals surface area (Å²) in [5.74, 6) is 1.35. The van der Waals surface area contributed by atoms with Gasteiger partial charge in [-0.1, -0.05) is 12.1 Å². The summed E-state index contributed by atoms with van der Waals surface area (Å²) < 4.78 is 16.0. The summed E-state index contributed by atoms with van der Waals surface area (Å²) in [6.45, 7) is -0.0346. The number of aromatic nitrogens is 6. The van der Waals surface area contributed by atoms with E-state index in [0.717, 1.165) is 52.0 Å². The van der Waals surface area contributed by atoms with E-state index in [2.05, 4.69) is 21.2 Å². The Kier molecular flexibility index (Phi) is 4.55. The van der Waals surface area contributed by atoms with Gasteiger partial charge in [0.25, 0.3) is 0 Å². The van der Waals surface area contributed by atoms with Crippen molar-refractivity contribution in [1.82, 2.24) is 29.7 Å². The minimum Gasteiger partial charge on any atom is -0.392 e. The molecule has 0 atom stereocenters. The number of aliphatic hydroxyl groups excluding tert-OH is 1. The molecule has 1 fully saturated rings. The van der Waals surface area contributed by atoms with Crippen LogP contribution in [0.4, 0.5) is 4.39 Å². The molecule has 3 heterocycles. The standard InChI is InChI=1S/C25H21FN6O/c1-32-13-27-31-25(32)19-11-17(26)5-6-18(19)16-9-21(15-3-4-15)28-23(10-16)24-29-20-7-2-14(12-33)8-22(20)30-24/h2,5-11,13,15,33H,3-4,12H2,1H3,(H,29,30). The van der Waals surface area contributed by atoms with Gasteiger partial charge in [-0.3, -0.25) is 0 Å². The van der Waals surface area contributed by atoms with Crippen LogP contribution < -0.4 is 0 Å². The van der Waals surface area contributed by atoms with Crippen LogP contribution in [0.3, 0.4) is 0 Å². The normalized spacial score (nSPS) is 13.7. The number of fused-ring (bicyclic) bond motifs is 1. The molecule has 0 aliphatic heterocycles. The number of aromatic amines is 1. The number of aliphatic hydroxyl groups is 1. The summed E-state index contributed by atoms with van der Waals surface area (Å²) in [5.41, 5.74) is 6.65. The van der Waals surface area contributed by atoms with Gasteiger partial charge in [0.05, 0.1) is 17.6 Å². The number of H-pyrrole nitrogens is 1. The number of nitrogens with zero attached hydrogens (tertiary/aromatic N) is 5. The Hall–Kier alpha value is -3.91. The summed E-state index contributed by atoms with van der Waals surface area (Å²) in [6, 6.07) is 14.4. The molecule has 3 aromatic heterocycles. The first-order valence-corrected chi connectivity index (χ1v) is 10.8. The second-order valence-electron chi connectivity index (χ2n) is 8.49. The molecule has 7 nitrogen and oxygen atoms in total. The summed E-state index contributed by atoms with van der Waals surface area (Å²) in [5, 5.41) is 17.6. The topological polar surface area (TPSA) is 92.5 Å². The molecule has 6 rings (SSSR count). The van der Waals surface area contributed by atoms with E-state index in [1.807, 2.05) is 31.3 Å². The smallest absolute Gasteiger partial charge is 0.164 e. The number of aryl methyl sites for hydroxylation is 1. The molecule has 0 radical (unpaired) electrons. The van der Waals surface area contributed by atoms with E-state index in [4.69, 9.17) is 9.97 Å². The van der Waals surface area contributed by atoms with Gasteiger partial charge in [-0.2, -0.15) is 0 Å². The maximum atomic E-state index is 14.2. The fourth-order valence-corrected chi connectivity index (χ4v) is 4.17. The van der Waals surface area contributed by atoms with Crippen LogP contribution in [0, 0.1) is 5.82 Å². The van der Waals surface area contributed by atoms with E-state index in [1.54, 1.807) is 17.0 Å². The van der Waals surface area contributed by atoms with Gasteiger partial charge in [0.1, 0.15) is 17.8 Å². The summed E-state index contributed by atoms with van der Waals surface area (Å²) in [4.78, 5) is 13.0. The highest BCUT2D eigenvalue weighted by atomic mass is 19.1. The van der Waals surface area contributed by atoms with Gasteiger partial charge in [-0.15, -0.1) is 10.2 Å². The molecule has 164 valence electrons. The molecule has 0 spiro atoms. The Morgan fingerprint density at radius 1 is 1.06 bits per heavy atom. The van der Waals surface area contributed by atoms with Crippen LogP contribution in [-0.4, -0.2) is 34.8 Å². The predicted octanol–water partition coefficient (Wildman–Crippen LogP) is 4.60. The second kappa shape index (κ2) is 7.60. The quantitative estimate of drug-likeness (QED) is 0.417. The molecule has 0 bridgehead atoms. The van der Waals surface area contributed by atoms with E-state index >= 15 is 0 Å². The number of pyridine rings is 1. The van der Waals surface area contributed by atoms with Crippen molar-refractivity contribution >= 4 is 11.0 Å². The molecule has 0 amide bonds. The van der Waals surface area contributed by atoms with E-state index in [1.165, 1.54) is 12.1 Å². The summed E-state index contributed by atoms with van der Waals surface area (Å²) >= 11 is 0. The molecule has 0 saturated heterocycles. The Balaban J connectivity index is 1.53. The molecular formula is C25H21FN6O. The van der Waals surface area contributed by atoms with Gasteiger partial charge in [0, 0.05) is 24.2 Å². The van der Waals surface area contributed by atoms with E-state index in [-0.39, 0.29) is 12.4 Å². The Morgan fingerprint density at radius 2 is 1.94 bits per heavy atom. The Bertz CT molecular complexity index is 1500. The zero-order valence-corrected chi connectivity index (χ0v) is 18.0. The van der Waals surface area contributed by atoms with Gasteiger partial charge >= 0.3 is 0 Å². The van der Waals surface area contributed by atoms with Crippen LogP contribution in [0.15, 0.2) is 54.9 Å². The number of nitrogens with one attached hydrogen (secondary N) is 1. The average molecular weight is 440 g/mol. The molecule has 1 aliphatic carbocycles. The number of rotatable bonds is 5. The Labute approximate surface area is 189 Å². The molecular weight excluding hydrogens is 419 g/mol. The minimum atomic E-state index is -0.328. The highest BCUT2D eigenvalue weighted by Gasteiger charge is 2.27. The monoisotopic (exact) mass is 440 g/mol. The molecule has 8 heteroatoms. The molecule has 33 heavy (non-hydrogen) atoms. The van der Waals surface area contributed by atoms with Crippen LogP contribution in [-0.2, 0) is 13.7 Å². The van der Waals surface area contributed by atoms with Crippen molar-refractivity contribution in [3.8, 4) is 34.0 Å². The van der Waals surface area contributed by atoms with Gasteiger partial charge in [0.15, 0.2) is 11.6 Å². The lowest BCUT2D eigenvalue weighted by Crippen LogP contribution is -1.98. The predicted molar refractivity (Wildman–Crippen MR) is 123 cm³/mol. The maximum Gasteiger partial charge on any atom is 0.164 e. The van der Waals surface area contributed by atoms with Gasteiger partial charge in [0.2, 0.25) is 0 Å². The molecule has 2 N–H and O–H groups in total. The third-order valence-electron chi connectivity index (χ3n) is 6.06. The van der Waals surface area contributed by atoms with Gasteiger partial charge < -0.3 is 14.7 Å². The lowest BCUT2D eigenvalue weighted by Gasteiger charge is -2.12. The molecule has 2 aromatic carbocycles. The molecule has 1 aliphatic rings. The van der Waals surface area contributed by atoms with Crippen molar-refractivity contribution < 1.29 is 9.50 Å².